The van der Waals surface area contributed by atoms with Gasteiger partial charge in [-0.15, -0.1) is 0 Å². The van der Waals surface area contributed by atoms with E-state index in [0.29, 0.717) is 11.7 Å². The van der Waals surface area contributed by atoms with E-state index in [1.165, 1.54) is 0 Å². The van der Waals surface area contributed by atoms with Gasteiger partial charge in [-0.1, -0.05) is 24.3 Å². The molecule has 138 valence electrons. The van der Waals surface area contributed by atoms with E-state index in [1.807, 2.05) is 48.5 Å². The molecule has 2 aromatic carbocycles. The molecular weight excluding hydrogens is 344 g/mol. The highest BCUT2D eigenvalue weighted by molar-refractivity contribution is 5.97. The second-order valence-electron chi connectivity index (χ2n) is 6.63. The SMILES string of the molecule is COc1cccc([C@@H]2[C@H](C(=O)Nc3nc4ccccc4[nH]3)CC(=O)N2C)c1. The number of nitrogens with one attached hydrogen (secondary N) is 2. The van der Waals surface area contributed by atoms with Crippen molar-refractivity contribution in [3.8, 4) is 5.75 Å². The number of hydrogen-bond acceptors (Lipinski definition) is 4. The third-order valence-electron chi connectivity index (χ3n) is 4.99. The van der Waals surface area contributed by atoms with Crippen molar-refractivity contribution in [3.05, 3.63) is 54.1 Å². The molecule has 0 aliphatic carbocycles. The summed E-state index contributed by atoms with van der Waals surface area (Å²) in [6, 6.07) is 14.7. The molecule has 3 aromatic rings. The van der Waals surface area contributed by atoms with Crippen LogP contribution in [0.15, 0.2) is 48.5 Å². The van der Waals surface area contributed by atoms with Gasteiger partial charge in [-0.2, -0.15) is 0 Å². The van der Waals surface area contributed by atoms with Crippen LogP contribution in [0.2, 0.25) is 0 Å². The Morgan fingerprint density at radius 2 is 2.07 bits per heavy atom. The highest BCUT2D eigenvalue weighted by Gasteiger charge is 2.43. The van der Waals surface area contributed by atoms with Crippen LogP contribution in [0.5, 0.6) is 5.75 Å². The number of carbonyl (C=O) groups excluding carboxylic acids is 2. The number of fused-ring (bicyclic) bond motifs is 1. The third kappa shape index (κ3) is 3.12. The predicted molar refractivity (Wildman–Crippen MR) is 101 cm³/mol. The van der Waals surface area contributed by atoms with E-state index in [2.05, 4.69) is 15.3 Å². The number of nitrogens with zero attached hydrogens (tertiary/aromatic N) is 2. The van der Waals surface area contributed by atoms with Crippen molar-refractivity contribution < 1.29 is 14.3 Å². The highest BCUT2D eigenvalue weighted by Crippen LogP contribution is 2.38. The number of rotatable bonds is 4. The second-order valence-corrected chi connectivity index (χ2v) is 6.63. The van der Waals surface area contributed by atoms with Gasteiger partial charge in [-0.05, 0) is 29.8 Å². The van der Waals surface area contributed by atoms with E-state index >= 15 is 0 Å². The average Bonchev–Trinajstić information content (AvgIpc) is 3.22. The molecule has 2 N–H and O–H groups in total. The second kappa shape index (κ2) is 6.75. The van der Waals surface area contributed by atoms with E-state index in [0.717, 1.165) is 16.6 Å². The molecule has 27 heavy (non-hydrogen) atoms. The number of amides is 2. The summed E-state index contributed by atoms with van der Waals surface area (Å²) in [5, 5.41) is 2.83. The van der Waals surface area contributed by atoms with Crippen molar-refractivity contribution in [2.24, 2.45) is 5.92 Å². The summed E-state index contributed by atoms with van der Waals surface area (Å²) < 4.78 is 5.28. The number of H-pyrrole nitrogens is 1. The van der Waals surface area contributed by atoms with Crippen LogP contribution in [0.25, 0.3) is 11.0 Å². The zero-order valence-electron chi connectivity index (χ0n) is 15.1. The Labute approximate surface area is 156 Å². The summed E-state index contributed by atoms with van der Waals surface area (Å²) in [6.45, 7) is 0. The van der Waals surface area contributed by atoms with E-state index < -0.39 is 5.92 Å². The molecular formula is C20H20N4O3. The van der Waals surface area contributed by atoms with E-state index in [-0.39, 0.29) is 24.3 Å². The van der Waals surface area contributed by atoms with Crippen LogP contribution in [-0.4, -0.2) is 40.8 Å². The van der Waals surface area contributed by atoms with Gasteiger partial charge in [0.05, 0.1) is 30.1 Å². The summed E-state index contributed by atoms with van der Waals surface area (Å²) in [7, 11) is 3.31. The van der Waals surface area contributed by atoms with Crippen molar-refractivity contribution in [1.82, 2.24) is 14.9 Å². The molecule has 2 atom stereocenters. The van der Waals surface area contributed by atoms with Gasteiger partial charge < -0.3 is 14.6 Å². The van der Waals surface area contributed by atoms with Gasteiger partial charge in [0.2, 0.25) is 17.8 Å². The lowest BCUT2D eigenvalue weighted by Gasteiger charge is -2.25. The fraction of sp³-hybridized carbons (Fsp3) is 0.250. The monoisotopic (exact) mass is 364 g/mol. The first-order valence-electron chi connectivity index (χ1n) is 8.72. The molecule has 2 amide bonds. The number of hydrogen-bond donors (Lipinski definition) is 2. The highest BCUT2D eigenvalue weighted by atomic mass is 16.5. The largest absolute Gasteiger partial charge is 0.497 e. The van der Waals surface area contributed by atoms with Crippen LogP contribution in [0, 0.1) is 5.92 Å². The fourth-order valence-electron chi connectivity index (χ4n) is 3.61. The lowest BCUT2D eigenvalue weighted by atomic mass is 9.93. The Morgan fingerprint density at radius 3 is 2.85 bits per heavy atom. The first-order valence-corrected chi connectivity index (χ1v) is 8.72. The van der Waals surface area contributed by atoms with Crippen molar-refractivity contribution in [2.75, 3.05) is 19.5 Å². The number of methoxy groups -OCH3 is 1. The minimum atomic E-state index is -0.511. The normalized spacial score (nSPS) is 19.5. The number of benzene rings is 2. The molecule has 1 saturated heterocycles. The summed E-state index contributed by atoms with van der Waals surface area (Å²) >= 11 is 0. The Morgan fingerprint density at radius 1 is 1.26 bits per heavy atom. The lowest BCUT2D eigenvalue weighted by molar-refractivity contribution is -0.128. The molecule has 7 nitrogen and oxygen atoms in total. The Hall–Kier alpha value is -3.35. The maximum atomic E-state index is 12.9. The van der Waals surface area contributed by atoms with Gasteiger partial charge in [0.1, 0.15) is 5.75 Å². The number of imidazole rings is 1. The van der Waals surface area contributed by atoms with Crippen LogP contribution in [0.1, 0.15) is 18.0 Å². The average molecular weight is 364 g/mol. The number of para-hydroxylation sites is 2. The molecule has 0 saturated carbocycles. The number of anilines is 1. The Balaban J connectivity index is 1.61. The molecule has 2 heterocycles. The van der Waals surface area contributed by atoms with Crippen LogP contribution in [-0.2, 0) is 9.59 Å². The lowest BCUT2D eigenvalue weighted by Crippen LogP contribution is -2.30. The topological polar surface area (TPSA) is 87.3 Å². The molecule has 1 aliphatic heterocycles. The first-order chi connectivity index (χ1) is 13.1. The smallest absolute Gasteiger partial charge is 0.232 e. The van der Waals surface area contributed by atoms with E-state index in [9.17, 15) is 9.59 Å². The zero-order valence-corrected chi connectivity index (χ0v) is 15.1. The predicted octanol–water partition coefficient (Wildman–Crippen LogP) is 2.73. The maximum Gasteiger partial charge on any atom is 0.232 e. The minimum absolute atomic E-state index is 0.0624. The number of likely N-dealkylation sites (tertiary alicyclic amines) is 1. The summed E-state index contributed by atoms with van der Waals surface area (Å²) in [4.78, 5) is 34.3. The molecule has 1 fully saturated rings. The van der Waals surface area contributed by atoms with Gasteiger partial charge in [-0.3, -0.25) is 14.9 Å². The summed E-state index contributed by atoms with van der Waals surface area (Å²) in [6.07, 6.45) is 0.157. The number of carbonyl (C=O) groups is 2. The van der Waals surface area contributed by atoms with Gasteiger partial charge in [0.25, 0.3) is 0 Å². The quantitative estimate of drug-likeness (QED) is 0.745. The molecule has 1 aliphatic rings. The van der Waals surface area contributed by atoms with Crippen molar-refractivity contribution >= 4 is 28.8 Å². The van der Waals surface area contributed by atoms with Crippen LogP contribution < -0.4 is 10.1 Å². The summed E-state index contributed by atoms with van der Waals surface area (Å²) in [5.74, 6) is 0.263. The van der Waals surface area contributed by atoms with Gasteiger partial charge in [0, 0.05) is 13.5 Å². The van der Waals surface area contributed by atoms with Gasteiger partial charge in [0.15, 0.2) is 0 Å². The van der Waals surface area contributed by atoms with Crippen LogP contribution >= 0.6 is 0 Å². The standard InChI is InChI=1S/C20H20N4O3/c1-24-17(25)11-14(18(24)12-6-5-7-13(10-12)27-2)19(26)23-20-21-15-8-3-4-9-16(15)22-20/h3-10,14,18H,11H2,1-2H3,(H2,21,22,23,26)/t14-,18-/m1/s1. The van der Waals surface area contributed by atoms with E-state index in [4.69, 9.17) is 4.74 Å². The molecule has 4 rings (SSSR count). The summed E-state index contributed by atoms with van der Waals surface area (Å²) in [5.41, 5.74) is 2.49. The molecule has 0 radical (unpaired) electrons. The molecule has 0 unspecified atom stereocenters. The van der Waals surface area contributed by atoms with Crippen LogP contribution in [0.3, 0.4) is 0 Å². The van der Waals surface area contributed by atoms with Gasteiger partial charge >= 0.3 is 0 Å². The van der Waals surface area contributed by atoms with E-state index in [1.54, 1.807) is 19.1 Å². The third-order valence-corrected chi connectivity index (χ3v) is 4.99. The van der Waals surface area contributed by atoms with Crippen LogP contribution in [0.4, 0.5) is 5.95 Å². The molecule has 0 bridgehead atoms. The maximum absolute atomic E-state index is 12.9. The first kappa shape index (κ1) is 17.1. The molecule has 0 spiro atoms. The zero-order chi connectivity index (χ0) is 19.0. The number of aromatic amines is 1. The number of aromatic nitrogens is 2. The number of ether oxygens (including phenoxy) is 1. The van der Waals surface area contributed by atoms with Crippen molar-refractivity contribution in [1.29, 1.82) is 0 Å². The molecule has 7 heteroatoms. The van der Waals surface area contributed by atoms with Gasteiger partial charge in [-0.25, -0.2) is 4.98 Å². The Kier molecular flexibility index (Phi) is 4.27. The molecule has 1 aromatic heterocycles. The minimum Gasteiger partial charge on any atom is -0.497 e. The van der Waals surface area contributed by atoms with Crippen molar-refractivity contribution in [2.45, 2.75) is 12.5 Å². The fourth-order valence-corrected chi connectivity index (χ4v) is 3.61. The van der Waals surface area contributed by atoms with Crippen molar-refractivity contribution in [3.63, 3.8) is 0 Å². The Bertz CT molecular complexity index is 980.